The zero-order valence-corrected chi connectivity index (χ0v) is 21.1. The lowest BCUT2D eigenvalue weighted by Crippen LogP contribution is -2.32. The Morgan fingerprint density at radius 2 is 1.77 bits per heavy atom. The number of rotatable bonds is 10. The Balaban J connectivity index is 2.16. The molecule has 35 heavy (non-hydrogen) atoms. The highest BCUT2D eigenvalue weighted by molar-refractivity contribution is 6.46. The lowest BCUT2D eigenvalue weighted by Gasteiger charge is -2.26. The van der Waals surface area contributed by atoms with Crippen LogP contribution in [0, 0.1) is 6.92 Å². The molecule has 8 nitrogen and oxygen atoms in total. The number of hydrogen-bond acceptors (Lipinski definition) is 7. The van der Waals surface area contributed by atoms with Crippen LogP contribution < -0.4 is 14.2 Å². The van der Waals surface area contributed by atoms with E-state index in [0.29, 0.717) is 35.0 Å². The Morgan fingerprint density at radius 1 is 1.06 bits per heavy atom. The molecule has 1 N–H and O–H groups in total. The molecule has 1 heterocycles. The molecule has 1 aliphatic rings. The summed E-state index contributed by atoms with van der Waals surface area (Å²) in [5.41, 5.74) is 1.85. The normalized spacial score (nSPS) is 17.2. The Labute approximate surface area is 206 Å². The largest absolute Gasteiger partial charge is 0.507 e. The second kappa shape index (κ2) is 11.3. The van der Waals surface area contributed by atoms with Crippen molar-refractivity contribution in [1.29, 1.82) is 0 Å². The fourth-order valence-electron chi connectivity index (χ4n) is 4.12. The van der Waals surface area contributed by atoms with Crippen molar-refractivity contribution in [3.63, 3.8) is 0 Å². The van der Waals surface area contributed by atoms with Crippen molar-refractivity contribution < 1.29 is 33.6 Å². The van der Waals surface area contributed by atoms with Crippen LogP contribution in [0.5, 0.6) is 17.2 Å². The van der Waals surface area contributed by atoms with Crippen molar-refractivity contribution in [3.8, 4) is 17.2 Å². The minimum absolute atomic E-state index is 0.00568. The summed E-state index contributed by atoms with van der Waals surface area (Å²) < 4.78 is 22.0. The molecule has 0 aliphatic carbocycles. The number of Topliss-reactive ketones (excluding diaryl/α,β-unsaturated/α-hetero) is 1. The maximum atomic E-state index is 13.2. The summed E-state index contributed by atoms with van der Waals surface area (Å²) in [7, 11) is 3.06. The van der Waals surface area contributed by atoms with Gasteiger partial charge >= 0.3 is 0 Å². The van der Waals surface area contributed by atoms with Gasteiger partial charge in [-0.2, -0.15) is 0 Å². The smallest absolute Gasteiger partial charge is 0.295 e. The number of ether oxygens (including phenoxy) is 4. The van der Waals surface area contributed by atoms with Crippen LogP contribution in [0.4, 0.5) is 0 Å². The number of carbonyl (C=O) groups excluding carboxylic acids is 2. The molecular weight excluding hydrogens is 450 g/mol. The first kappa shape index (κ1) is 26.1. The number of likely N-dealkylation sites (tertiary alicyclic amines) is 1. The Bertz CT molecular complexity index is 1120. The third-order valence-corrected chi connectivity index (χ3v) is 5.69. The van der Waals surface area contributed by atoms with Crippen molar-refractivity contribution in [3.05, 3.63) is 58.7 Å². The Kier molecular flexibility index (Phi) is 8.40. The third kappa shape index (κ3) is 5.43. The van der Waals surface area contributed by atoms with E-state index in [2.05, 4.69) is 0 Å². The number of ketones is 1. The number of aliphatic hydroxyl groups is 1. The zero-order valence-electron chi connectivity index (χ0n) is 21.1. The molecule has 1 fully saturated rings. The van der Waals surface area contributed by atoms with Crippen LogP contribution >= 0.6 is 0 Å². The molecule has 0 bridgehead atoms. The zero-order chi connectivity index (χ0) is 25.7. The molecule has 0 spiro atoms. The quantitative estimate of drug-likeness (QED) is 0.307. The van der Waals surface area contributed by atoms with Crippen LogP contribution in [0.15, 0.2) is 42.0 Å². The molecular formula is C27H33NO7. The van der Waals surface area contributed by atoms with Crippen LogP contribution in [0.25, 0.3) is 5.76 Å². The molecule has 1 amide bonds. The first-order valence-corrected chi connectivity index (χ1v) is 11.6. The van der Waals surface area contributed by atoms with E-state index in [-0.39, 0.29) is 30.6 Å². The van der Waals surface area contributed by atoms with Crippen molar-refractivity contribution >= 4 is 17.4 Å². The van der Waals surface area contributed by atoms with Gasteiger partial charge in [0.15, 0.2) is 11.5 Å². The summed E-state index contributed by atoms with van der Waals surface area (Å²) in [5, 5.41) is 11.3. The Morgan fingerprint density at radius 3 is 2.37 bits per heavy atom. The van der Waals surface area contributed by atoms with Gasteiger partial charge < -0.3 is 29.0 Å². The van der Waals surface area contributed by atoms with Crippen LogP contribution in [0.3, 0.4) is 0 Å². The molecule has 188 valence electrons. The molecule has 0 aromatic heterocycles. The lowest BCUT2D eigenvalue weighted by molar-refractivity contribution is -0.140. The molecule has 2 aromatic carbocycles. The van der Waals surface area contributed by atoms with Gasteiger partial charge in [-0.05, 0) is 69.2 Å². The second-order valence-corrected chi connectivity index (χ2v) is 8.48. The fraction of sp³-hybridized carbons (Fsp3) is 0.407. The minimum Gasteiger partial charge on any atom is -0.507 e. The van der Waals surface area contributed by atoms with Gasteiger partial charge in [0.2, 0.25) is 0 Å². The predicted molar refractivity (Wildman–Crippen MR) is 132 cm³/mol. The predicted octanol–water partition coefficient (Wildman–Crippen LogP) is 4.26. The van der Waals surface area contributed by atoms with Crippen molar-refractivity contribution in [1.82, 2.24) is 4.90 Å². The fourth-order valence-corrected chi connectivity index (χ4v) is 4.12. The standard InChI is InChI=1S/C27H33NO7/c1-7-34-22-15-18(8-11-21(22)33-6)24-23(26(30)27(31)28(24)12-13-32-5)25(29)19-9-10-20(17(4)14-19)35-16(2)3/h8-11,14-16,24,29H,7,12-13H2,1-6H3/b25-23-. The Hall–Kier alpha value is -3.52. The number of amides is 1. The molecule has 8 heteroatoms. The van der Waals surface area contributed by atoms with E-state index in [9.17, 15) is 14.7 Å². The third-order valence-electron chi connectivity index (χ3n) is 5.69. The van der Waals surface area contributed by atoms with Crippen molar-refractivity contribution in [2.24, 2.45) is 0 Å². The molecule has 1 saturated heterocycles. The van der Waals surface area contributed by atoms with Gasteiger partial charge in [-0.15, -0.1) is 0 Å². The average molecular weight is 484 g/mol. The summed E-state index contributed by atoms with van der Waals surface area (Å²) in [6.45, 7) is 8.40. The maximum absolute atomic E-state index is 13.2. The molecule has 0 saturated carbocycles. The second-order valence-electron chi connectivity index (χ2n) is 8.48. The summed E-state index contributed by atoms with van der Waals surface area (Å²) in [6.07, 6.45) is -0.00568. The van der Waals surface area contributed by atoms with Crippen LogP contribution in [0.2, 0.25) is 0 Å². The monoisotopic (exact) mass is 483 g/mol. The van der Waals surface area contributed by atoms with Crippen LogP contribution in [-0.2, 0) is 14.3 Å². The number of methoxy groups -OCH3 is 2. The first-order valence-electron chi connectivity index (χ1n) is 11.6. The summed E-state index contributed by atoms with van der Waals surface area (Å²) in [4.78, 5) is 27.6. The highest BCUT2D eigenvalue weighted by Crippen LogP contribution is 2.42. The van der Waals surface area contributed by atoms with Crippen molar-refractivity contribution in [2.75, 3.05) is 34.0 Å². The van der Waals surface area contributed by atoms with E-state index in [0.717, 1.165) is 5.56 Å². The number of benzene rings is 2. The van der Waals surface area contributed by atoms with Gasteiger partial charge in [-0.3, -0.25) is 9.59 Å². The van der Waals surface area contributed by atoms with E-state index >= 15 is 0 Å². The number of nitrogens with zero attached hydrogens (tertiary/aromatic N) is 1. The highest BCUT2D eigenvalue weighted by atomic mass is 16.5. The number of aliphatic hydroxyl groups excluding tert-OH is 1. The van der Waals surface area contributed by atoms with Gasteiger partial charge in [0, 0.05) is 19.2 Å². The van der Waals surface area contributed by atoms with E-state index in [4.69, 9.17) is 18.9 Å². The van der Waals surface area contributed by atoms with E-state index in [1.165, 1.54) is 19.1 Å². The molecule has 1 unspecified atom stereocenters. The van der Waals surface area contributed by atoms with Crippen LogP contribution in [0.1, 0.15) is 43.5 Å². The summed E-state index contributed by atoms with van der Waals surface area (Å²) in [6, 6.07) is 9.57. The molecule has 2 aromatic rings. The molecule has 3 rings (SSSR count). The van der Waals surface area contributed by atoms with E-state index in [1.807, 2.05) is 27.7 Å². The number of carbonyl (C=O) groups is 2. The SMILES string of the molecule is CCOc1cc(C2/C(=C(/O)c3ccc(OC(C)C)c(C)c3)C(=O)C(=O)N2CCOC)ccc1OC. The van der Waals surface area contributed by atoms with Crippen LogP contribution in [-0.4, -0.2) is 61.8 Å². The summed E-state index contributed by atoms with van der Waals surface area (Å²) in [5.74, 6) is -0.000490. The molecule has 0 radical (unpaired) electrons. The van der Waals surface area contributed by atoms with E-state index < -0.39 is 17.7 Å². The minimum atomic E-state index is -0.817. The van der Waals surface area contributed by atoms with Gasteiger partial charge in [0.05, 0.1) is 38.0 Å². The van der Waals surface area contributed by atoms with Gasteiger partial charge in [0.1, 0.15) is 11.5 Å². The first-order chi connectivity index (χ1) is 16.7. The van der Waals surface area contributed by atoms with Gasteiger partial charge in [-0.25, -0.2) is 0 Å². The molecule has 1 aliphatic heterocycles. The average Bonchev–Trinajstić information content (AvgIpc) is 3.08. The highest BCUT2D eigenvalue weighted by Gasteiger charge is 2.46. The topological polar surface area (TPSA) is 94.5 Å². The summed E-state index contributed by atoms with van der Waals surface area (Å²) >= 11 is 0. The van der Waals surface area contributed by atoms with Crippen molar-refractivity contribution in [2.45, 2.75) is 39.8 Å². The number of hydrogen-bond donors (Lipinski definition) is 1. The van der Waals surface area contributed by atoms with E-state index in [1.54, 1.807) is 36.4 Å². The lowest BCUT2D eigenvalue weighted by atomic mass is 9.94. The number of aryl methyl sites for hydroxylation is 1. The van der Waals surface area contributed by atoms with Gasteiger partial charge in [0.25, 0.3) is 11.7 Å². The maximum Gasteiger partial charge on any atom is 0.295 e. The molecule has 1 atom stereocenters. The van der Waals surface area contributed by atoms with Gasteiger partial charge in [-0.1, -0.05) is 6.07 Å².